The number of aromatic nitrogens is 1. The zero-order valence-corrected chi connectivity index (χ0v) is 18.4. The molecule has 160 valence electrons. The molecule has 1 fully saturated rings. The predicted molar refractivity (Wildman–Crippen MR) is 116 cm³/mol. The number of benzene rings is 2. The Morgan fingerprint density at radius 2 is 1.93 bits per heavy atom. The summed E-state index contributed by atoms with van der Waals surface area (Å²) in [5.41, 5.74) is 1.91. The smallest absolute Gasteiger partial charge is 0.267 e. The van der Waals surface area contributed by atoms with E-state index in [2.05, 4.69) is 20.7 Å². The number of anilines is 1. The Kier molecular flexibility index (Phi) is 6.09. The molecule has 0 atom stereocenters. The van der Waals surface area contributed by atoms with E-state index >= 15 is 0 Å². The quantitative estimate of drug-likeness (QED) is 0.593. The molecule has 2 heterocycles. The fraction of sp³-hybridized carbons (Fsp3) is 0.350. The highest BCUT2D eigenvalue weighted by Gasteiger charge is 2.22. The first kappa shape index (κ1) is 20.9. The summed E-state index contributed by atoms with van der Waals surface area (Å²) in [6.45, 7) is 4.16. The van der Waals surface area contributed by atoms with Crippen LogP contribution >= 0.6 is 11.3 Å². The van der Waals surface area contributed by atoms with Crippen LogP contribution in [0.3, 0.4) is 0 Å². The van der Waals surface area contributed by atoms with Gasteiger partial charge in [0.15, 0.2) is 5.13 Å². The van der Waals surface area contributed by atoms with Gasteiger partial charge < -0.3 is 14.2 Å². The third kappa shape index (κ3) is 4.51. The van der Waals surface area contributed by atoms with E-state index in [1.54, 1.807) is 12.1 Å². The van der Waals surface area contributed by atoms with Gasteiger partial charge >= 0.3 is 0 Å². The molecule has 2 aromatic carbocycles. The third-order valence-corrected chi connectivity index (χ3v) is 7.27. The number of thiazole rings is 1. The molecule has 1 saturated heterocycles. The van der Waals surface area contributed by atoms with Gasteiger partial charge in [0.1, 0.15) is 16.4 Å². The van der Waals surface area contributed by atoms with Gasteiger partial charge in [-0.05, 0) is 29.8 Å². The number of sulfonamides is 1. The zero-order valence-electron chi connectivity index (χ0n) is 16.8. The summed E-state index contributed by atoms with van der Waals surface area (Å²) in [7, 11) is -0.993. The summed E-state index contributed by atoms with van der Waals surface area (Å²) in [5.74, 6) is 0.658. The van der Waals surface area contributed by atoms with E-state index in [0.29, 0.717) is 10.9 Å². The Morgan fingerprint density at radius 1 is 1.13 bits per heavy atom. The molecule has 1 aromatic heterocycles. The van der Waals surface area contributed by atoms with Gasteiger partial charge in [-0.2, -0.15) is 0 Å². The van der Waals surface area contributed by atoms with Gasteiger partial charge in [-0.25, -0.2) is 13.4 Å². The first-order valence-corrected chi connectivity index (χ1v) is 11.7. The number of nitrogens with zero attached hydrogens (tertiary/aromatic N) is 2. The second kappa shape index (κ2) is 8.76. The molecule has 30 heavy (non-hydrogen) atoms. The minimum Gasteiger partial charge on any atom is -0.497 e. The van der Waals surface area contributed by atoms with Crippen molar-refractivity contribution in [3.63, 3.8) is 0 Å². The second-order valence-electron chi connectivity index (χ2n) is 6.83. The van der Waals surface area contributed by atoms with E-state index in [0.717, 1.165) is 48.6 Å². The van der Waals surface area contributed by atoms with Gasteiger partial charge in [0.25, 0.3) is 10.0 Å². The Morgan fingerprint density at radius 3 is 2.67 bits per heavy atom. The Bertz CT molecular complexity index is 1140. The lowest BCUT2D eigenvalue weighted by Crippen LogP contribution is -2.35. The van der Waals surface area contributed by atoms with Crippen LogP contribution in [-0.4, -0.2) is 58.8 Å². The molecule has 8 nitrogen and oxygen atoms in total. The largest absolute Gasteiger partial charge is 0.497 e. The van der Waals surface area contributed by atoms with Crippen molar-refractivity contribution in [2.75, 3.05) is 45.2 Å². The Balaban J connectivity index is 1.57. The van der Waals surface area contributed by atoms with E-state index in [9.17, 15) is 8.42 Å². The van der Waals surface area contributed by atoms with Crippen LogP contribution in [0, 0.1) is 0 Å². The molecule has 0 radical (unpaired) electrons. The van der Waals surface area contributed by atoms with E-state index in [4.69, 9.17) is 14.2 Å². The number of morpholine rings is 1. The van der Waals surface area contributed by atoms with Crippen molar-refractivity contribution in [2.45, 2.75) is 11.4 Å². The molecule has 0 unspecified atom stereocenters. The van der Waals surface area contributed by atoms with E-state index < -0.39 is 10.0 Å². The van der Waals surface area contributed by atoms with Crippen molar-refractivity contribution in [1.29, 1.82) is 0 Å². The van der Waals surface area contributed by atoms with E-state index in [1.807, 2.05) is 12.1 Å². The molecule has 0 amide bonds. The molecular weight excluding hydrogens is 426 g/mol. The molecule has 4 rings (SSSR count). The van der Waals surface area contributed by atoms with Crippen LogP contribution in [0.4, 0.5) is 5.13 Å². The second-order valence-corrected chi connectivity index (χ2v) is 9.51. The number of hydrogen-bond donors (Lipinski definition) is 1. The number of ether oxygens (including phenoxy) is 3. The van der Waals surface area contributed by atoms with Crippen LogP contribution in [0.15, 0.2) is 41.3 Å². The molecule has 1 N–H and O–H groups in total. The van der Waals surface area contributed by atoms with Gasteiger partial charge in [0.05, 0.1) is 37.6 Å². The summed E-state index contributed by atoms with van der Waals surface area (Å²) in [6, 6.07) is 10.6. The van der Waals surface area contributed by atoms with Crippen molar-refractivity contribution in [2.24, 2.45) is 0 Å². The monoisotopic (exact) mass is 449 g/mol. The minimum absolute atomic E-state index is 0.00314. The molecule has 0 bridgehead atoms. The lowest BCUT2D eigenvalue weighted by Gasteiger charge is -2.26. The number of methoxy groups -OCH3 is 2. The average Bonchev–Trinajstić information content (AvgIpc) is 3.14. The van der Waals surface area contributed by atoms with Crippen LogP contribution < -0.4 is 14.2 Å². The summed E-state index contributed by atoms with van der Waals surface area (Å²) in [4.78, 5) is 6.77. The normalized spacial score (nSPS) is 15.3. The molecule has 1 aliphatic heterocycles. The highest BCUT2D eigenvalue weighted by Crippen LogP contribution is 2.32. The van der Waals surface area contributed by atoms with Crippen molar-refractivity contribution < 1.29 is 22.6 Å². The summed E-state index contributed by atoms with van der Waals surface area (Å²) >= 11 is 1.30. The van der Waals surface area contributed by atoms with Crippen molar-refractivity contribution in [3.05, 3.63) is 42.0 Å². The first-order valence-electron chi connectivity index (χ1n) is 9.43. The molecule has 0 aliphatic carbocycles. The number of rotatable bonds is 7. The molecular formula is C20H23N3O5S2. The predicted octanol–water partition coefficient (Wildman–Crippen LogP) is 2.95. The highest BCUT2D eigenvalue weighted by atomic mass is 32.2. The van der Waals surface area contributed by atoms with Gasteiger partial charge in [-0.3, -0.25) is 9.62 Å². The number of fused-ring (bicyclic) bond motifs is 1. The fourth-order valence-corrected chi connectivity index (χ4v) is 5.64. The minimum atomic E-state index is -3.90. The van der Waals surface area contributed by atoms with Gasteiger partial charge in [-0.1, -0.05) is 17.4 Å². The van der Waals surface area contributed by atoms with Crippen molar-refractivity contribution >= 4 is 36.7 Å². The number of hydrogen-bond acceptors (Lipinski definition) is 8. The topological polar surface area (TPSA) is 90.0 Å². The summed E-state index contributed by atoms with van der Waals surface area (Å²) < 4.78 is 45.2. The third-order valence-electron chi connectivity index (χ3n) is 4.84. The van der Waals surface area contributed by atoms with Crippen molar-refractivity contribution in [1.82, 2.24) is 9.88 Å². The molecule has 10 heteroatoms. The molecule has 1 aliphatic rings. The van der Waals surface area contributed by atoms with Crippen LogP contribution in [0.25, 0.3) is 10.2 Å². The van der Waals surface area contributed by atoms with Crippen LogP contribution in [0.2, 0.25) is 0 Å². The molecule has 0 spiro atoms. The van der Waals surface area contributed by atoms with Gasteiger partial charge in [-0.15, -0.1) is 0 Å². The van der Waals surface area contributed by atoms with Crippen LogP contribution in [0.5, 0.6) is 11.5 Å². The van der Waals surface area contributed by atoms with E-state index in [1.165, 1.54) is 31.6 Å². The van der Waals surface area contributed by atoms with Gasteiger partial charge in [0.2, 0.25) is 0 Å². The zero-order chi connectivity index (χ0) is 21.1. The maximum atomic E-state index is 13.0. The number of nitrogens with one attached hydrogen (secondary N) is 1. The van der Waals surface area contributed by atoms with Crippen LogP contribution in [-0.2, 0) is 21.3 Å². The van der Waals surface area contributed by atoms with Crippen molar-refractivity contribution in [3.8, 4) is 11.5 Å². The Hall–Kier alpha value is -2.40. The maximum Gasteiger partial charge on any atom is 0.267 e. The van der Waals surface area contributed by atoms with Crippen LogP contribution in [0.1, 0.15) is 5.56 Å². The standard InChI is InChI=1S/C20H23N3O5S2/c1-26-15-4-6-17(27-2)19(12-15)30(24,25)22-20-21-16-5-3-14(11-18(16)29-20)13-23-7-9-28-10-8-23/h3-6,11-12H,7-10,13H2,1-2H3,(H,21,22). The first-order chi connectivity index (χ1) is 14.5. The fourth-order valence-electron chi connectivity index (χ4n) is 3.29. The summed E-state index contributed by atoms with van der Waals surface area (Å²) in [6.07, 6.45) is 0. The molecule has 3 aromatic rings. The average molecular weight is 450 g/mol. The maximum absolute atomic E-state index is 13.0. The van der Waals surface area contributed by atoms with E-state index in [-0.39, 0.29) is 10.6 Å². The summed E-state index contributed by atoms with van der Waals surface area (Å²) in [5, 5.41) is 0.304. The van der Waals surface area contributed by atoms with Gasteiger partial charge in [0, 0.05) is 25.7 Å². The molecule has 0 saturated carbocycles. The lowest BCUT2D eigenvalue weighted by molar-refractivity contribution is 0.0342. The Labute approximate surface area is 179 Å². The SMILES string of the molecule is COc1ccc(OC)c(S(=O)(=O)Nc2nc3ccc(CN4CCOCC4)cc3s2)c1. The highest BCUT2D eigenvalue weighted by molar-refractivity contribution is 7.93. The lowest BCUT2D eigenvalue weighted by atomic mass is 10.2.